The predicted molar refractivity (Wildman–Crippen MR) is 93.5 cm³/mol. The topological polar surface area (TPSA) is 113 Å². The van der Waals surface area contributed by atoms with Gasteiger partial charge in [-0.1, -0.05) is 10.4 Å². The summed E-state index contributed by atoms with van der Waals surface area (Å²) in [6.45, 7) is 2.42. The molecule has 4 aromatic heterocycles. The first-order valence-electron chi connectivity index (χ1n) is 8.87. The van der Waals surface area contributed by atoms with E-state index in [1.165, 1.54) is 0 Å². The molecule has 0 spiro atoms. The van der Waals surface area contributed by atoms with E-state index in [2.05, 4.69) is 30.8 Å². The van der Waals surface area contributed by atoms with E-state index in [-0.39, 0.29) is 0 Å². The Bertz CT molecular complexity index is 1010. The van der Waals surface area contributed by atoms with Gasteiger partial charge in [0.2, 0.25) is 0 Å². The Morgan fingerprint density at radius 1 is 1.26 bits per heavy atom. The lowest BCUT2D eigenvalue weighted by atomic mass is 10.1. The number of hydrogen-bond donors (Lipinski definition) is 1. The van der Waals surface area contributed by atoms with Crippen LogP contribution in [0.5, 0.6) is 0 Å². The molecule has 0 atom stereocenters. The standard InChI is InChI=1S/C17H18N8O2/c1-2-14(26-9-1)17-20-15(22-27-17)11-24-8-7-19-16(24)13-10-25(23-21-13)12-3-5-18-6-4-12/h1-2,7-10,12,18H,3-6,11H2. The number of piperidine rings is 1. The molecular weight excluding hydrogens is 348 g/mol. The molecule has 0 radical (unpaired) electrons. The average molecular weight is 366 g/mol. The second-order valence-electron chi connectivity index (χ2n) is 6.44. The molecule has 0 aromatic carbocycles. The van der Waals surface area contributed by atoms with Gasteiger partial charge in [0.25, 0.3) is 5.89 Å². The van der Waals surface area contributed by atoms with Crippen molar-refractivity contribution in [2.75, 3.05) is 13.1 Å². The van der Waals surface area contributed by atoms with E-state index in [1.54, 1.807) is 24.6 Å². The lowest BCUT2D eigenvalue weighted by Gasteiger charge is -2.22. The fourth-order valence-electron chi connectivity index (χ4n) is 3.27. The molecule has 1 fully saturated rings. The third-order valence-electron chi connectivity index (χ3n) is 4.65. The molecule has 0 bridgehead atoms. The second kappa shape index (κ2) is 6.80. The van der Waals surface area contributed by atoms with Crippen molar-refractivity contribution in [3.63, 3.8) is 0 Å². The largest absolute Gasteiger partial charge is 0.459 e. The van der Waals surface area contributed by atoms with Crippen LogP contribution in [0.2, 0.25) is 0 Å². The smallest absolute Gasteiger partial charge is 0.293 e. The van der Waals surface area contributed by atoms with Crippen LogP contribution in [0.4, 0.5) is 0 Å². The van der Waals surface area contributed by atoms with Crippen molar-refractivity contribution in [2.45, 2.75) is 25.4 Å². The van der Waals surface area contributed by atoms with E-state index >= 15 is 0 Å². The van der Waals surface area contributed by atoms with E-state index in [0.29, 0.717) is 30.1 Å². The summed E-state index contributed by atoms with van der Waals surface area (Å²) in [5.74, 6) is 2.16. The molecule has 10 nitrogen and oxygen atoms in total. The predicted octanol–water partition coefficient (Wildman–Crippen LogP) is 1.76. The number of nitrogens with zero attached hydrogens (tertiary/aromatic N) is 7. The Morgan fingerprint density at radius 2 is 2.19 bits per heavy atom. The maximum absolute atomic E-state index is 5.28. The molecule has 0 unspecified atom stereocenters. The first kappa shape index (κ1) is 15.9. The van der Waals surface area contributed by atoms with Crippen LogP contribution in [0.3, 0.4) is 0 Å². The van der Waals surface area contributed by atoms with Crippen LogP contribution in [-0.2, 0) is 6.54 Å². The molecule has 5 heterocycles. The molecule has 0 amide bonds. The maximum Gasteiger partial charge on any atom is 0.293 e. The fourth-order valence-corrected chi connectivity index (χ4v) is 3.27. The van der Waals surface area contributed by atoms with Crippen LogP contribution in [0, 0.1) is 0 Å². The minimum atomic E-state index is 0.355. The molecule has 1 aliphatic heterocycles. The molecule has 5 rings (SSSR count). The van der Waals surface area contributed by atoms with Crippen LogP contribution in [0.1, 0.15) is 24.7 Å². The van der Waals surface area contributed by atoms with Crippen LogP contribution >= 0.6 is 0 Å². The monoisotopic (exact) mass is 366 g/mol. The average Bonchev–Trinajstić information content (AvgIpc) is 3.48. The van der Waals surface area contributed by atoms with Gasteiger partial charge >= 0.3 is 0 Å². The number of hydrogen-bond acceptors (Lipinski definition) is 8. The first-order chi connectivity index (χ1) is 13.4. The second-order valence-corrected chi connectivity index (χ2v) is 6.44. The molecular formula is C17H18N8O2. The van der Waals surface area contributed by atoms with E-state index in [0.717, 1.165) is 37.4 Å². The Balaban J connectivity index is 1.36. The van der Waals surface area contributed by atoms with Crippen molar-refractivity contribution in [3.8, 4) is 23.2 Å². The highest BCUT2D eigenvalue weighted by Gasteiger charge is 2.19. The molecule has 138 valence electrons. The summed E-state index contributed by atoms with van der Waals surface area (Å²) in [6.07, 6.45) is 9.22. The zero-order valence-electron chi connectivity index (χ0n) is 14.5. The molecule has 1 saturated heterocycles. The zero-order valence-corrected chi connectivity index (χ0v) is 14.5. The summed E-state index contributed by atoms with van der Waals surface area (Å²) < 4.78 is 14.4. The van der Waals surface area contributed by atoms with E-state index in [1.807, 2.05) is 21.6 Å². The number of furan rings is 1. The normalized spacial score (nSPS) is 15.4. The Labute approximate surface area is 154 Å². The van der Waals surface area contributed by atoms with Crippen molar-refractivity contribution < 1.29 is 8.94 Å². The minimum absolute atomic E-state index is 0.355. The molecule has 1 aliphatic rings. The summed E-state index contributed by atoms with van der Waals surface area (Å²) in [7, 11) is 0. The SMILES string of the molecule is c1coc(-c2nc(Cn3ccnc3-c3cn(C4CCNCC4)nn3)no2)c1. The molecule has 10 heteroatoms. The van der Waals surface area contributed by atoms with Gasteiger partial charge in [0.15, 0.2) is 17.4 Å². The van der Waals surface area contributed by atoms with Crippen LogP contribution < -0.4 is 5.32 Å². The lowest BCUT2D eigenvalue weighted by molar-refractivity contribution is 0.337. The van der Waals surface area contributed by atoms with Gasteiger partial charge in [-0.15, -0.1) is 5.10 Å². The van der Waals surface area contributed by atoms with Crippen molar-refractivity contribution in [1.82, 2.24) is 40.0 Å². The van der Waals surface area contributed by atoms with Gasteiger partial charge in [-0.25, -0.2) is 9.67 Å². The van der Waals surface area contributed by atoms with E-state index < -0.39 is 0 Å². The molecule has 27 heavy (non-hydrogen) atoms. The van der Waals surface area contributed by atoms with Gasteiger partial charge in [0.1, 0.15) is 5.69 Å². The van der Waals surface area contributed by atoms with Gasteiger partial charge in [0, 0.05) is 12.4 Å². The lowest BCUT2D eigenvalue weighted by Crippen LogP contribution is -2.29. The maximum atomic E-state index is 5.28. The van der Waals surface area contributed by atoms with Gasteiger partial charge in [-0.2, -0.15) is 4.98 Å². The van der Waals surface area contributed by atoms with Gasteiger partial charge in [-0.3, -0.25) is 0 Å². The Hall–Kier alpha value is -3.27. The third-order valence-corrected chi connectivity index (χ3v) is 4.65. The highest BCUT2D eigenvalue weighted by molar-refractivity contribution is 5.48. The van der Waals surface area contributed by atoms with Crippen LogP contribution in [0.25, 0.3) is 23.2 Å². The van der Waals surface area contributed by atoms with Crippen molar-refractivity contribution in [1.29, 1.82) is 0 Å². The van der Waals surface area contributed by atoms with Crippen molar-refractivity contribution in [2.24, 2.45) is 0 Å². The highest BCUT2D eigenvalue weighted by Crippen LogP contribution is 2.22. The Morgan fingerprint density at radius 3 is 3.04 bits per heavy atom. The number of nitrogens with one attached hydrogen (secondary N) is 1. The first-order valence-corrected chi connectivity index (χ1v) is 8.87. The highest BCUT2D eigenvalue weighted by atomic mass is 16.5. The van der Waals surface area contributed by atoms with Crippen LogP contribution in [-0.4, -0.2) is 47.8 Å². The zero-order chi connectivity index (χ0) is 18.1. The number of aromatic nitrogens is 7. The number of imidazole rings is 1. The third kappa shape index (κ3) is 3.14. The van der Waals surface area contributed by atoms with Gasteiger partial charge in [0.05, 0.1) is 25.0 Å². The molecule has 4 aromatic rings. The van der Waals surface area contributed by atoms with Gasteiger partial charge < -0.3 is 18.8 Å². The summed E-state index contributed by atoms with van der Waals surface area (Å²) >= 11 is 0. The number of rotatable bonds is 5. The van der Waals surface area contributed by atoms with Crippen molar-refractivity contribution >= 4 is 0 Å². The summed E-state index contributed by atoms with van der Waals surface area (Å²) in [6, 6.07) is 3.93. The fraction of sp³-hybridized carbons (Fsp3) is 0.353. The summed E-state index contributed by atoms with van der Waals surface area (Å²) in [4.78, 5) is 8.80. The van der Waals surface area contributed by atoms with Crippen molar-refractivity contribution in [3.05, 3.63) is 42.8 Å². The quantitative estimate of drug-likeness (QED) is 0.568. The van der Waals surface area contributed by atoms with E-state index in [9.17, 15) is 0 Å². The summed E-state index contributed by atoms with van der Waals surface area (Å²) in [5, 5.41) is 16.0. The minimum Gasteiger partial charge on any atom is -0.459 e. The summed E-state index contributed by atoms with van der Waals surface area (Å²) in [5.41, 5.74) is 0.730. The van der Waals surface area contributed by atoms with Gasteiger partial charge in [-0.05, 0) is 38.1 Å². The van der Waals surface area contributed by atoms with E-state index in [4.69, 9.17) is 8.94 Å². The molecule has 0 saturated carbocycles. The molecule has 0 aliphatic carbocycles. The molecule has 1 N–H and O–H groups in total. The van der Waals surface area contributed by atoms with Crippen LogP contribution in [0.15, 0.2) is 45.9 Å². The Kier molecular flexibility index (Phi) is 4.02.